The molecule has 3 N–H and O–H groups in total. The molecule has 0 aliphatic heterocycles. The summed E-state index contributed by atoms with van der Waals surface area (Å²) in [7, 11) is 0. The van der Waals surface area contributed by atoms with Crippen LogP contribution in [-0.4, -0.2) is 18.6 Å². The SMILES string of the molecule is Cc1ccc(NC(=O)COC2CCC(C)(C)CC2)c(N)c1. The van der Waals surface area contributed by atoms with E-state index < -0.39 is 0 Å². The lowest BCUT2D eigenvalue weighted by atomic mass is 9.76. The summed E-state index contributed by atoms with van der Waals surface area (Å²) < 4.78 is 5.72. The second-order valence-electron chi connectivity index (χ2n) is 6.81. The highest BCUT2D eigenvalue weighted by atomic mass is 16.5. The molecule has 21 heavy (non-hydrogen) atoms. The van der Waals surface area contributed by atoms with E-state index in [-0.39, 0.29) is 18.6 Å². The molecule has 1 aromatic carbocycles. The number of nitrogens with one attached hydrogen (secondary N) is 1. The smallest absolute Gasteiger partial charge is 0.250 e. The minimum atomic E-state index is -0.143. The van der Waals surface area contributed by atoms with Crippen molar-refractivity contribution in [3.63, 3.8) is 0 Å². The highest BCUT2D eigenvalue weighted by molar-refractivity contribution is 5.94. The molecule has 0 heterocycles. The monoisotopic (exact) mass is 290 g/mol. The molecule has 4 heteroatoms. The van der Waals surface area contributed by atoms with Crippen LogP contribution in [0.4, 0.5) is 11.4 Å². The number of aryl methyl sites for hydroxylation is 1. The van der Waals surface area contributed by atoms with E-state index in [1.165, 1.54) is 0 Å². The van der Waals surface area contributed by atoms with E-state index in [2.05, 4.69) is 19.2 Å². The Hall–Kier alpha value is -1.55. The van der Waals surface area contributed by atoms with Gasteiger partial charge < -0.3 is 15.8 Å². The number of carbonyl (C=O) groups is 1. The molecule has 1 aliphatic carbocycles. The average molecular weight is 290 g/mol. The van der Waals surface area contributed by atoms with Crippen LogP contribution in [0.25, 0.3) is 0 Å². The van der Waals surface area contributed by atoms with Gasteiger partial charge in [0.1, 0.15) is 6.61 Å². The summed E-state index contributed by atoms with van der Waals surface area (Å²) in [6, 6.07) is 5.60. The van der Waals surface area contributed by atoms with Crippen molar-refractivity contribution in [2.24, 2.45) is 5.41 Å². The first-order valence-corrected chi connectivity index (χ1v) is 7.63. The fourth-order valence-electron chi connectivity index (χ4n) is 2.72. The van der Waals surface area contributed by atoms with Crippen molar-refractivity contribution in [2.45, 2.75) is 52.6 Å². The van der Waals surface area contributed by atoms with Gasteiger partial charge in [0.2, 0.25) is 5.91 Å². The van der Waals surface area contributed by atoms with Crippen LogP contribution in [0, 0.1) is 12.3 Å². The van der Waals surface area contributed by atoms with Crippen LogP contribution < -0.4 is 11.1 Å². The summed E-state index contributed by atoms with van der Waals surface area (Å²) in [6.45, 7) is 6.64. The zero-order valence-electron chi connectivity index (χ0n) is 13.2. The first-order valence-electron chi connectivity index (χ1n) is 7.63. The Morgan fingerprint density at radius 3 is 2.67 bits per heavy atom. The van der Waals surface area contributed by atoms with Crippen LogP contribution in [0.15, 0.2) is 18.2 Å². The number of rotatable bonds is 4. The number of carbonyl (C=O) groups excluding carboxylic acids is 1. The summed E-state index contributed by atoms with van der Waals surface area (Å²) in [5.41, 5.74) is 8.61. The summed E-state index contributed by atoms with van der Waals surface area (Å²) in [5, 5.41) is 2.80. The maximum absolute atomic E-state index is 11.9. The van der Waals surface area contributed by atoms with Crippen molar-refractivity contribution >= 4 is 17.3 Å². The van der Waals surface area contributed by atoms with E-state index in [4.69, 9.17) is 10.5 Å². The van der Waals surface area contributed by atoms with E-state index in [1.807, 2.05) is 25.1 Å². The van der Waals surface area contributed by atoms with Gasteiger partial charge in [-0.15, -0.1) is 0 Å². The highest BCUT2D eigenvalue weighted by Gasteiger charge is 2.27. The summed E-state index contributed by atoms with van der Waals surface area (Å²) in [5.74, 6) is -0.143. The lowest BCUT2D eigenvalue weighted by Crippen LogP contribution is -2.29. The quantitative estimate of drug-likeness (QED) is 0.834. The molecule has 4 nitrogen and oxygen atoms in total. The topological polar surface area (TPSA) is 64.3 Å². The molecule has 2 rings (SSSR count). The summed E-state index contributed by atoms with van der Waals surface area (Å²) in [4.78, 5) is 11.9. The molecule has 0 spiro atoms. The second kappa shape index (κ2) is 6.48. The Kier molecular flexibility index (Phi) is 4.88. The Bertz CT molecular complexity index is 502. The lowest BCUT2D eigenvalue weighted by molar-refractivity contribution is -0.123. The fraction of sp³-hybridized carbons (Fsp3) is 0.588. The number of hydrogen-bond donors (Lipinski definition) is 2. The molecule has 1 fully saturated rings. The maximum atomic E-state index is 11.9. The molecule has 0 atom stereocenters. The molecule has 0 aromatic heterocycles. The molecule has 1 aliphatic rings. The van der Waals surface area contributed by atoms with Crippen molar-refractivity contribution < 1.29 is 9.53 Å². The van der Waals surface area contributed by atoms with E-state index in [1.54, 1.807) is 0 Å². The second-order valence-corrected chi connectivity index (χ2v) is 6.81. The third kappa shape index (κ3) is 4.74. The largest absolute Gasteiger partial charge is 0.397 e. The molecule has 116 valence electrons. The molecule has 1 saturated carbocycles. The zero-order chi connectivity index (χ0) is 15.5. The van der Waals surface area contributed by atoms with Crippen LogP contribution >= 0.6 is 0 Å². The molecular weight excluding hydrogens is 264 g/mol. The lowest BCUT2D eigenvalue weighted by Gasteiger charge is -2.34. The number of nitrogens with two attached hydrogens (primary N) is 1. The van der Waals surface area contributed by atoms with Crippen molar-refractivity contribution in [3.8, 4) is 0 Å². The standard InChI is InChI=1S/C17H26N2O2/c1-12-4-5-15(14(18)10-12)19-16(20)11-21-13-6-8-17(2,3)9-7-13/h4-5,10,13H,6-9,11,18H2,1-3H3,(H,19,20). The first-order chi connectivity index (χ1) is 9.85. The van der Waals surface area contributed by atoms with E-state index in [9.17, 15) is 4.79 Å². The Labute approximate surface area is 127 Å². The predicted molar refractivity (Wildman–Crippen MR) is 86.2 cm³/mol. The van der Waals surface area contributed by atoms with Gasteiger partial charge in [-0.1, -0.05) is 19.9 Å². The Morgan fingerprint density at radius 1 is 1.38 bits per heavy atom. The highest BCUT2D eigenvalue weighted by Crippen LogP contribution is 2.36. The third-order valence-corrected chi connectivity index (χ3v) is 4.22. The third-order valence-electron chi connectivity index (χ3n) is 4.22. The molecule has 0 radical (unpaired) electrons. The van der Waals surface area contributed by atoms with Crippen LogP contribution in [-0.2, 0) is 9.53 Å². The van der Waals surface area contributed by atoms with Gasteiger partial charge in [0, 0.05) is 0 Å². The van der Waals surface area contributed by atoms with Crippen LogP contribution in [0.1, 0.15) is 45.1 Å². The molecule has 0 unspecified atom stereocenters. The maximum Gasteiger partial charge on any atom is 0.250 e. The van der Waals surface area contributed by atoms with Gasteiger partial charge in [-0.3, -0.25) is 4.79 Å². The van der Waals surface area contributed by atoms with E-state index in [0.717, 1.165) is 31.2 Å². The number of nitrogen functional groups attached to an aromatic ring is 1. The fourth-order valence-corrected chi connectivity index (χ4v) is 2.72. The molecule has 1 amide bonds. The van der Waals surface area contributed by atoms with Gasteiger partial charge in [0.15, 0.2) is 0 Å². The number of hydrogen-bond acceptors (Lipinski definition) is 3. The minimum Gasteiger partial charge on any atom is -0.397 e. The van der Waals surface area contributed by atoms with Crippen molar-refractivity contribution in [2.75, 3.05) is 17.7 Å². The van der Waals surface area contributed by atoms with E-state index in [0.29, 0.717) is 16.8 Å². The number of benzene rings is 1. The van der Waals surface area contributed by atoms with Gasteiger partial charge in [-0.2, -0.15) is 0 Å². The average Bonchev–Trinajstić information content (AvgIpc) is 2.41. The normalized spacial score (nSPS) is 18.4. The van der Waals surface area contributed by atoms with Crippen molar-refractivity contribution in [1.29, 1.82) is 0 Å². The van der Waals surface area contributed by atoms with Gasteiger partial charge in [-0.25, -0.2) is 0 Å². The molecule has 1 aromatic rings. The van der Waals surface area contributed by atoms with Gasteiger partial charge in [0.05, 0.1) is 17.5 Å². The number of amides is 1. The Balaban J connectivity index is 1.78. The summed E-state index contributed by atoms with van der Waals surface area (Å²) >= 11 is 0. The van der Waals surface area contributed by atoms with Gasteiger partial charge >= 0.3 is 0 Å². The molecule has 0 saturated heterocycles. The van der Waals surface area contributed by atoms with Gasteiger partial charge in [0.25, 0.3) is 0 Å². The zero-order valence-corrected chi connectivity index (χ0v) is 13.2. The summed E-state index contributed by atoms with van der Waals surface area (Å²) in [6.07, 6.45) is 4.59. The number of anilines is 2. The predicted octanol–water partition coefficient (Wildman–Crippen LogP) is 3.50. The minimum absolute atomic E-state index is 0.0956. The molecule has 0 bridgehead atoms. The Morgan fingerprint density at radius 2 is 2.05 bits per heavy atom. The van der Waals surface area contributed by atoms with Crippen LogP contribution in [0.2, 0.25) is 0 Å². The van der Waals surface area contributed by atoms with Gasteiger partial charge in [-0.05, 0) is 55.7 Å². The molecular formula is C17H26N2O2. The first kappa shape index (κ1) is 15.8. The van der Waals surface area contributed by atoms with Crippen LogP contribution in [0.5, 0.6) is 0 Å². The van der Waals surface area contributed by atoms with Crippen molar-refractivity contribution in [3.05, 3.63) is 23.8 Å². The van der Waals surface area contributed by atoms with Crippen LogP contribution in [0.3, 0.4) is 0 Å². The number of ether oxygens (including phenoxy) is 1. The van der Waals surface area contributed by atoms with E-state index >= 15 is 0 Å². The van der Waals surface area contributed by atoms with Crippen molar-refractivity contribution in [1.82, 2.24) is 0 Å².